The van der Waals surface area contributed by atoms with Gasteiger partial charge in [-0.05, 0) is 43.4 Å². The van der Waals surface area contributed by atoms with E-state index < -0.39 is 0 Å². The van der Waals surface area contributed by atoms with Crippen molar-refractivity contribution in [1.29, 1.82) is 0 Å². The Morgan fingerprint density at radius 1 is 1.29 bits per heavy atom. The maximum Gasteiger partial charge on any atom is 0.119 e. The van der Waals surface area contributed by atoms with Gasteiger partial charge in [0.25, 0.3) is 0 Å². The molecule has 2 N–H and O–H groups in total. The van der Waals surface area contributed by atoms with E-state index in [9.17, 15) is 0 Å². The molecule has 0 radical (unpaired) electrons. The van der Waals surface area contributed by atoms with Crippen LogP contribution in [0.25, 0.3) is 0 Å². The maximum atomic E-state index is 5.92. The SMILES string of the molecule is CCOc1ccc(C2CCC2N)cc1. The number of ether oxygens (including phenoxy) is 1. The third kappa shape index (κ3) is 1.75. The Bertz CT molecular complexity index is 294. The van der Waals surface area contributed by atoms with Crippen LogP contribution in [0.2, 0.25) is 0 Å². The predicted octanol–water partition coefficient (Wildman–Crippen LogP) is 2.29. The number of hydrogen-bond donors (Lipinski definition) is 1. The van der Waals surface area contributed by atoms with E-state index in [1.165, 1.54) is 12.0 Å². The fourth-order valence-electron chi connectivity index (χ4n) is 1.92. The summed E-state index contributed by atoms with van der Waals surface area (Å²) in [5.74, 6) is 1.52. The van der Waals surface area contributed by atoms with Gasteiger partial charge in [-0.1, -0.05) is 12.1 Å². The van der Waals surface area contributed by atoms with Crippen molar-refractivity contribution in [3.05, 3.63) is 29.8 Å². The van der Waals surface area contributed by atoms with E-state index in [1.807, 2.05) is 19.1 Å². The highest BCUT2D eigenvalue weighted by Crippen LogP contribution is 2.35. The van der Waals surface area contributed by atoms with Gasteiger partial charge in [0.1, 0.15) is 5.75 Å². The quantitative estimate of drug-likeness (QED) is 0.795. The zero-order valence-corrected chi connectivity index (χ0v) is 8.57. The summed E-state index contributed by atoms with van der Waals surface area (Å²) in [6, 6.07) is 8.70. The number of rotatable bonds is 3. The highest BCUT2D eigenvalue weighted by Gasteiger charge is 2.28. The highest BCUT2D eigenvalue weighted by molar-refractivity contribution is 5.31. The summed E-state index contributed by atoms with van der Waals surface area (Å²) in [5.41, 5.74) is 7.27. The van der Waals surface area contributed by atoms with Gasteiger partial charge in [-0.15, -0.1) is 0 Å². The van der Waals surface area contributed by atoms with Crippen LogP contribution in [0, 0.1) is 0 Å². The van der Waals surface area contributed by atoms with Crippen LogP contribution >= 0.6 is 0 Å². The van der Waals surface area contributed by atoms with E-state index in [2.05, 4.69) is 12.1 Å². The molecule has 2 heteroatoms. The molecule has 1 aliphatic rings. The summed E-state index contributed by atoms with van der Waals surface area (Å²) in [6.45, 7) is 2.72. The molecule has 0 spiro atoms. The van der Waals surface area contributed by atoms with Crippen molar-refractivity contribution in [2.75, 3.05) is 6.61 Å². The van der Waals surface area contributed by atoms with Crippen molar-refractivity contribution in [1.82, 2.24) is 0 Å². The molecule has 1 aliphatic carbocycles. The summed E-state index contributed by atoms with van der Waals surface area (Å²) in [5, 5.41) is 0. The molecule has 0 aromatic heterocycles. The lowest BCUT2D eigenvalue weighted by atomic mass is 9.76. The van der Waals surface area contributed by atoms with E-state index in [-0.39, 0.29) is 0 Å². The van der Waals surface area contributed by atoms with Gasteiger partial charge in [-0.3, -0.25) is 0 Å². The topological polar surface area (TPSA) is 35.2 Å². The molecule has 1 fully saturated rings. The Morgan fingerprint density at radius 2 is 2.00 bits per heavy atom. The first kappa shape index (κ1) is 9.53. The minimum absolute atomic E-state index is 0.368. The molecule has 2 unspecified atom stereocenters. The second kappa shape index (κ2) is 4.01. The fraction of sp³-hybridized carbons (Fsp3) is 0.500. The van der Waals surface area contributed by atoms with Gasteiger partial charge in [0, 0.05) is 6.04 Å². The van der Waals surface area contributed by atoms with Gasteiger partial charge in [0.2, 0.25) is 0 Å². The van der Waals surface area contributed by atoms with Crippen LogP contribution in [0.1, 0.15) is 31.2 Å². The minimum atomic E-state index is 0.368. The molecule has 1 saturated carbocycles. The Hall–Kier alpha value is -1.02. The first-order valence-corrected chi connectivity index (χ1v) is 5.29. The molecule has 2 rings (SSSR count). The third-order valence-electron chi connectivity index (χ3n) is 2.95. The zero-order valence-electron chi connectivity index (χ0n) is 8.57. The van der Waals surface area contributed by atoms with E-state index in [0.29, 0.717) is 12.0 Å². The summed E-state index contributed by atoms with van der Waals surface area (Å²) < 4.78 is 5.39. The number of nitrogens with two attached hydrogens (primary N) is 1. The van der Waals surface area contributed by atoms with Crippen LogP contribution in [-0.2, 0) is 0 Å². The molecule has 2 nitrogen and oxygen atoms in total. The van der Waals surface area contributed by atoms with Crippen LogP contribution in [0.3, 0.4) is 0 Å². The minimum Gasteiger partial charge on any atom is -0.494 e. The average molecular weight is 191 g/mol. The molecule has 0 bridgehead atoms. The van der Waals surface area contributed by atoms with E-state index in [4.69, 9.17) is 10.5 Å². The van der Waals surface area contributed by atoms with Gasteiger partial charge in [0.05, 0.1) is 6.61 Å². The molecule has 2 atom stereocenters. The molecule has 0 heterocycles. The Kier molecular flexibility index (Phi) is 2.73. The Labute approximate surface area is 85.1 Å². The van der Waals surface area contributed by atoms with Crippen molar-refractivity contribution < 1.29 is 4.74 Å². The van der Waals surface area contributed by atoms with Crippen molar-refractivity contribution in [3.63, 3.8) is 0 Å². The molecule has 1 aromatic rings. The van der Waals surface area contributed by atoms with Crippen molar-refractivity contribution in [2.45, 2.75) is 31.7 Å². The summed E-state index contributed by atoms with van der Waals surface area (Å²) >= 11 is 0. The standard InChI is InChI=1S/C12H17NO/c1-2-14-10-5-3-9(4-6-10)11-7-8-12(11)13/h3-6,11-12H,2,7-8,13H2,1H3. The van der Waals surface area contributed by atoms with Crippen molar-refractivity contribution in [3.8, 4) is 5.75 Å². The summed E-state index contributed by atoms with van der Waals surface area (Å²) in [4.78, 5) is 0. The van der Waals surface area contributed by atoms with E-state index in [1.54, 1.807) is 0 Å². The fourth-order valence-corrected chi connectivity index (χ4v) is 1.92. The average Bonchev–Trinajstić information content (AvgIpc) is 2.19. The lowest BCUT2D eigenvalue weighted by Crippen LogP contribution is -2.37. The number of hydrogen-bond acceptors (Lipinski definition) is 2. The molecule has 1 aromatic carbocycles. The van der Waals surface area contributed by atoms with Crippen molar-refractivity contribution in [2.24, 2.45) is 5.73 Å². The normalized spacial score (nSPS) is 25.6. The number of benzene rings is 1. The molecule has 0 aliphatic heterocycles. The van der Waals surface area contributed by atoms with Gasteiger partial charge in [-0.2, -0.15) is 0 Å². The molecular weight excluding hydrogens is 174 g/mol. The predicted molar refractivity (Wildman–Crippen MR) is 57.6 cm³/mol. The van der Waals surface area contributed by atoms with Crippen LogP contribution < -0.4 is 10.5 Å². The molecule has 14 heavy (non-hydrogen) atoms. The first-order valence-electron chi connectivity index (χ1n) is 5.29. The Morgan fingerprint density at radius 3 is 2.43 bits per heavy atom. The largest absolute Gasteiger partial charge is 0.494 e. The molecule has 0 amide bonds. The van der Waals surface area contributed by atoms with Crippen LogP contribution in [0.5, 0.6) is 5.75 Å². The first-order chi connectivity index (χ1) is 6.81. The second-order valence-corrected chi connectivity index (χ2v) is 3.85. The van der Waals surface area contributed by atoms with Crippen LogP contribution in [0.4, 0.5) is 0 Å². The molecule has 76 valence electrons. The molecule has 0 saturated heterocycles. The lowest BCUT2D eigenvalue weighted by Gasteiger charge is -2.33. The monoisotopic (exact) mass is 191 g/mol. The van der Waals surface area contributed by atoms with Crippen LogP contribution in [-0.4, -0.2) is 12.6 Å². The summed E-state index contributed by atoms with van der Waals surface area (Å²) in [6.07, 6.45) is 2.40. The van der Waals surface area contributed by atoms with Crippen LogP contribution in [0.15, 0.2) is 24.3 Å². The highest BCUT2D eigenvalue weighted by atomic mass is 16.5. The van der Waals surface area contributed by atoms with Gasteiger partial charge in [-0.25, -0.2) is 0 Å². The van der Waals surface area contributed by atoms with Gasteiger partial charge < -0.3 is 10.5 Å². The van der Waals surface area contributed by atoms with Gasteiger partial charge >= 0.3 is 0 Å². The summed E-state index contributed by atoms with van der Waals surface area (Å²) in [7, 11) is 0. The molecular formula is C12H17NO. The van der Waals surface area contributed by atoms with Gasteiger partial charge in [0.15, 0.2) is 0 Å². The third-order valence-corrected chi connectivity index (χ3v) is 2.95. The van der Waals surface area contributed by atoms with E-state index >= 15 is 0 Å². The second-order valence-electron chi connectivity index (χ2n) is 3.85. The van der Waals surface area contributed by atoms with Crippen molar-refractivity contribution >= 4 is 0 Å². The zero-order chi connectivity index (χ0) is 9.97. The maximum absolute atomic E-state index is 5.92. The Balaban J connectivity index is 2.06. The van der Waals surface area contributed by atoms with E-state index in [0.717, 1.165) is 18.8 Å². The smallest absolute Gasteiger partial charge is 0.119 e. The lowest BCUT2D eigenvalue weighted by molar-refractivity contribution is 0.336.